The zero-order chi connectivity index (χ0) is 22.1. The van der Waals surface area contributed by atoms with Crippen LogP contribution in [0.5, 0.6) is 5.75 Å². The molecule has 0 amide bonds. The van der Waals surface area contributed by atoms with Gasteiger partial charge in [0.15, 0.2) is 0 Å². The third-order valence-electron chi connectivity index (χ3n) is 5.07. The molecule has 3 N–H and O–H groups in total. The summed E-state index contributed by atoms with van der Waals surface area (Å²) in [6, 6.07) is 7.94. The van der Waals surface area contributed by atoms with Crippen LogP contribution in [0.15, 0.2) is 55.1 Å². The summed E-state index contributed by atoms with van der Waals surface area (Å²) < 4.78 is 0. The van der Waals surface area contributed by atoms with Crippen molar-refractivity contribution in [2.45, 2.75) is 25.3 Å². The van der Waals surface area contributed by atoms with Crippen molar-refractivity contribution in [3.63, 3.8) is 0 Å². The minimum Gasteiger partial charge on any atom is -0.505 e. The van der Waals surface area contributed by atoms with E-state index in [0.717, 1.165) is 22.2 Å². The third-order valence-corrected chi connectivity index (χ3v) is 6.18. The molecule has 0 unspecified atom stereocenters. The summed E-state index contributed by atoms with van der Waals surface area (Å²) in [6.07, 6.45) is 4.43. The Morgan fingerprint density at radius 3 is 2.74 bits per heavy atom. The van der Waals surface area contributed by atoms with E-state index >= 15 is 0 Å². The number of rotatable bonds is 6. The molecule has 4 rings (SSSR count). The Labute approximate surface area is 182 Å². The first kappa shape index (κ1) is 20.8. The molecule has 31 heavy (non-hydrogen) atoms. The number of hydrazone groups is 1. The zero-order valence-corrected chi connectivity index (χ0v) is 17.7. The summed E-state index contributed by atoms with van der Waals surface area (Å²) in [5, 5.41) is 24.5. The van der Waals surface area contributed by atoms with Crippen molar-refractivity contribution in [1.82, 2.24) is 4.98 Å². The number of aromatic hydroxyl groups is 1. The molecule has 0 fully saturated rings. The van der Waals surface area contributed by atoms with Crippen LogP contribution in [0, 0.1) is 6.92 Å². The van der Waals surface area contributed by atoms with E-state index in [-0.39, 0.29) is 23.6 Å². The molecule has 0 saturated heterocycles. The molecular formula is C22H20N4O4S. The van der Waals surface area contributed by atoms with E-state index in [2.05, 4.69) is 20.4 Å². The monoisotopic (exact) mass is 436 g/mol. The summed E-state index contributed by atoms with van der Waals surface area (Å²) in [5.41, 5.74) is 3.88. The fourth-order valence-electron chi connectivity index (χ4n) is 3.35. The summed E-state index contributed by atoms with van der Waals surface area (Å²) in [6.45, 7) is 4.03. The molecule has 1 aromatic heterocycles. The number of thioether (sulfide) groups is 1. The first-order chi connectivity index (χ1) is 15.0. The normalized spacial score (nSPS) is 14.7. The van der Waals surface area contributed by atoms with E-state index in [9.17, 15) is 19.8 Å². The number of aryl methyl sites for hydroxylation is 1. The van der Waals surface area contributed by atoms with Crippen molar-refractivity contribution < 1.29 is 10.2 Å². The van der Waals surface area contributed by atoms with Crippen molar-refractivity contribution in [2.75, 3.05) is 16.9 Å². The molecule has 0 saturated carbocycles. The van der Waals surface area contributed by atoms with Gasteiger partial charge in [-0.3, -0.25) is 20.0 Å². The van der Waals surface area contributed by atoms with Gasteiger partial charge in [0.25, 0.3) is 5.43 Å². The molecule has 158 valence electrons. The lowest BCUT2D eigenvalue weighted by molar-refractivity contribution is 0.280. The lowest BCUT2D eigenvalue weighted by Crippen LogP contribution is -2.36. The highest BCUT2D eigenvalue weighted by molar-refractivity contribution is 8.03. The van der Waals surface area contributed by atoms with Gasteiger partial charge in [-0.15, -0.1) is 0 Å². The molecular weight excluding hydrogens is 416 g/mol. The number of anilines is 2. The van der Waals surface area contributed by atoms with Crippen molar-refractivity contribution >= 4 is 35.4 Å². The van der Waals surface area contributed by atoms with Gasteiger partial charge < -0.3 is 15.1 Å². The summed E-state index contributed by atoms with van der Waals surface area (Å²) >= 11 is 1.54. The van der Waals surface area contributed by atoms with E-state index < -0.39 is 10.9 Å². The van der Waals surface area contributed by atoms with Crippen LogP contribution in [0.25, 0.3) is 6.08 Å². The molecule has 3 aromatic rings. The van der Waals surface area contributed by atoms with Gasteiger partial charge in [0, 0.05) is 28.8 Å². The number of benzene rings is 1. The van der Waals surface area contributed by atoms with Crippen LogP contribution >= 0.6 is 11.8 Å². The Balaban J connectivity index is 1.62. The Bertz CT molecular complexity index is 1290. The molecule has 1 aliphatic rings. The van der Waals surface area contributed by atoms with Crippen LogP contribution in [-0.4, -0.2) is 28.0 Å². The molecule has 0 bridgehead atoms. The molecule has 2 heterocycles. The van der Waals surface area contributed by atoms with Gasteiger partial charge in [0.2, 0.25) is 5.43 Å². The number of nitrogens with zero attached hydrogens (tertiary/aromatic N) is 3. The highest BCUT2D eigenvalue weighted by Gasteiger charge is 2.26. The number of hydrogen-bond acceptors (Lipinski definition) is 9. The first-order valence-electron chi connectivity index (χ1n) is 9.63. The van der Waals surface area contributed by atoms with Gasteiger partial charge in [-0.05, 0) is 32.1 Å². The highest BCUT2D eigenvalue weighted by atomic mass is 32.2. The molecule has 2 aromatic carbocycles. The number of nitrogens with one attached hydrogen (secondary N) is 1. The van der Waals surface area contributed by atoms with Crippen molar-refractivity contribution in [2.24, 2.45) is 5.10 Å². The molecule has 1 aliphatic heterocycles. The Kier molecular flexibility index (Phi) is 5.62. The van der Waals surface area contributed by atoms with Crippen molar-refractivity contribution in [3.05, 3.63) is 78.3 Å². The fraction of sp³-hybridized carbons (Fsp3) is 0.182. The van der Waals surface area contributed by atoms with Gasteiger partial charge in [0.05, 0.1) is 34.8 Å². The predicted octanol–water partition coefficient (Wildman–Crippen LogP) is 2.56. The number of para-hydroxylation sites is 1. The van der Waals surface area contributed by atoms with E-state index in [1.54, 1.807) is 13.0 Å². The Morgan fingerprint density at radius 2 is 2.00 bits per heavy atom. The van der Waals surface area contributed by atoms with Gasteiger partial charge in [-0.1, -0.05) is 23.9 Å². The third kappa shape index (κ3) is 3.62. The van der Waals surface area contributed by atoms with Crippen molar-refractivity contribution in [3.8, 4) is 5.75 Å². The summed E-state index contributed by atoms with van der Waals surface area (Å²) in [5.74, 6) is -0.108. The maximum Gasteiger partial charge on any atom is 0.252 e. The summed E-state index contributed by atoms with van der Waals surface area (Å²) in [4.78, 5) is 31.5. The predicted molar refractivity (Wildman–Crippen MR) is 122 cm³/mol. The highest BCUT2D eigenvalue weighted by Crippen LogP contribution is 2.46. The van der Waals surface area contributed by atoms with E-state index in [1.165, 1.54) is 24.2 Å². The lowest BCUT2D eigenvalue weighted by atomic mass is 10.1. The van der Waals surface area contributed by atoms with Crippen LogP contribution in [0.3, 0.4) is 0 Å². The quantitative estimate of drug-likeness (QED) is 0.307. The molecule has 0 spiro atoms. The van der Waals surface area contributed by atoms with Crippen molar-refractivity contribution in [1.29, 1.82) is 0 Å². The molecule has 9 heteroatoms. The fourth-order valence-corrected chi connectivity index (χ4v) is 4.52. The lowest BCUT2D eigenvalue weighted by Gasteiger charge is -2.18. The Hall–Kier alpha value is -3.43. The SMILES string of the molecule is CCN1/C(=C/c2c(N/N=C/c3c(CO)cnc(C)c3O)c(=O)c2=O)Sc2ccccc21. The minimum absolute atomic E-state index is 0.0946. The zero-order valence-electron chi connectivity index (χ0n) is 16.9. The molecule has 0 radical (unpaired) electrons. The number of aliphatic hydroxyl groups excluding tert-OH is 1. The van der Waals surface area contributed by atoms with Gasteiger partial charge >= 0.3 is 0 Å². The van der Waals surface area contributed by atoms with E-state index in [4.69, 9.17) is 0 Å². The van der Waals surface area contributed by atoms with Gasteiger partial charge in [-0.2, -0.15) is 5.10 Å². The number of aliphatic hydroxyl groups is 1. The maximum absolute atomic E-state index is 12.2. The molecule has 0 atom stereocenters. The van der Waals surface area contributed by atoms with E-state index in [0.29, 0.717) is 16.8 Å². The summed E-state index contributed by atoms with van der Waals surface area (Å²) in [7, 11) is 0. The second kappa shape index (κ2) is 8.37. The van der Waals surface area contributed by atoms with Crippen LogP contribution in [-0.2, 0) is 6.61 Å². The largest absolute Gasteiger partial charge is 0.505 e. The molecule has 0 aliphatic carbocycles. The standard InChI is InChI=1S/C22H20N4O4S/c1-3-26-16-6-4-5-7-17(16)31-18(26)8-14-19(22(30)21(14)29)25-24-10-15-13(11-27)9-23-12(2)20(15)28/h4-10,25,27-28H,3,11H2,1-2H3/b18-8-,24-10+. The molecule has 8 nitrogen and oxygen atoms in total. The van der Waals surface area contributed by atoms with Crippen LogP contribution in [0.1, 0.15) is 29.3 Å². The minimum atomic E-state index is -0.648. The van der Waals surface area contributed by atoms with E-state index in [1.807, 2.05) is 31.2 Å². The first-order valence-corrected chi connectivity index (χ1v) is 10.4. The van der Waals surface area contributed by atoms with Crippen LogP contribution in [0.2, 0.25) is 0 Å². The second-order valence-electron chi connectivity index (χ2n) is 6.90. The van der Waals surface area contributed by atoms with Gasteiger partial charge in [-0.25, -0.2) is 0 Å². The average Bonchev–Trinajstić information content (AvgIpc) is 3.15. The maximum atomic E-state index is 12.2. The number of hydrogen-bond donors (Lipinski definition) is 3. The van der Waals surface area contributed by atoms with Crippen LogP contribution < -0.4 is 21.2 Å². The van der Waals surface area contributed by atoms with Gasteiger partial charge in [0.1, 0.15) is 11.4 Å². The second-order valence-corrected chi connectivity index (χ2v) is 7.97. The number of fused-ring (bicyclic) bond motifs is 1. The smallest absolute Gasteiger partial charge is 0.252 e. The Morgan fingerprint density at radius 1 is 1.23 bits per heavy atom. The number of aromatic nitrogens is 1. The number of pyridine rings is 1. The average molecular weight is 436 g/mol. The topological polar surface area (TPSA) is 115 Å². The van der Waals surface area contributed by atoms with Crippen LogP contribution in [0.4, 0.5) is 11.4 Å².